The number of alkyl carbamates (subject to hydrolysis) is 2. The van der Waals surface area contributed by atoms with E-state index in [1.165, 1.54) is 52.8 Å². The van der Waals surface area contributed by atoms with Gasteiger partial charge in [-0.1, -0.05) is 64.7 Å². The largest absolute Gasteiger partial charge is 0.534 e. The van der Waals surface area contributed by atoms with E-state index in [2.05, 4.69) is 36.7 Å². The monoisotopic (exact) mass is 2160 g/mol. The van der Waals surface area contributed by atoms with Crippen molar-refractivity contribution in [3.8, 4) is 45.8 Å². The minimum Gasteiger partial charge on any atom is -0.495 e. The average Bonchev–Trinajstić information content (AvgIpc) is 1.55. The number of rotatable bonds is 25. The molecule has 8 amide bonds. The number of nitrogens with zero attached hydrogens (tertiary/aromatic N) is 7. The molecule has 0 radical (unpaired) electrons. The fraction of sp³-hybridized carbons (Fsp3) is 0.515. The maximum Gasteiger partial charge on any atom is 0.534 e. The molecule has 5 aliphatic heterocycles. The molecule has 2 unspecified atom stereocenters. The first-order valence-electron chi connectivity index (χ1n) is 49.1. The maximum atomic E-state index is 15.3. The van der Waals surface area contributed by atoms with Gasteiger partial charge in [0, 0.05) is 95.8 Å². The Kier molecular flexibility index (Phi) is 35.6. The number of aromatic nitrogens is 4. The molecule has 792 valence electrons. The lowest BCUT2D eigenvalue weighted by Crippen LogP contribution is -2.55. The van der Waals surface area contributed by atoms with E-state index >= 15 is 18.1 Å². The molecule has 8 aromatic rings. The number of ether oxygens (including phenoxy) is 9. The van der Waals surface area contributed by atoms with Crippen LogP contribution in [-0.2, 0) is 83.3 Å². The zero-order chi connectivity index (χ0) is 105. The summed E-state index contributed by atoms with van der Waals surface area (Å²) in [5.74, 6) is -7.08. The van der Waals surface area contributed by atoms with Crippen LogP contribution in [0.25, 0.3) is 44.6 Å². The second-order valence-electron chi connectivity index (χ2n) is 39.0. The van der Waals surface area contributed by atoms with Crippen molar-refractivity contribution in [2.75, 3.05) is 71.0 Å². The lowest BCUT2D eigenvalue weighted by Gasteiger charge is -2.33. The van der Waals surface area contributed by atoms with Crippen molar-refractivity contribution in [2.24, 2.45) is 11.8 Å². The lowest BCUT2D eigenvalue weighted by molar-refractivity contribution is -0.178. The summed E-state index contributed by atoms with van der Waals surface area (Å²) in [5, 5.41) is 21.6. The molecular formula is C101H121Cl2F4N13O23P2S2. The number of anilines is 2. The van der Waals surface area contributed by atoms with E-state index in [0.29, 0.717) is 102 Å². The Bertz CT molecular complexity index is 6330. The van der Waals surface area contributed by atoms with E-state index in [0.717, 1.165) is 68.9 Å². The number of pyridine rings is 2. The second-order valence-corrected chi connectivity index (χ2v) is 46.7. The molecule has 7 N–H and O–H groups in total. The van der Waals surface area contributed by atoms with Gasteiger partial charge >= 0.3 is 18.3 Å². The van der Waals surface area contributed by atoms with Crippen LogP contribution in [0.15, 0.2) is 108 Å². The van der Waals surface area contributed by atoms with Gasteiger partial charge in [0.05, 0.1) is 81.9 Å². The number of carbonyl (C=O) groups is 9. The molecular weight excluding hydrogens is 2040 g/mol. The number of methoxy groups -OCH3 is 2. The topological polar surface area (TPSA) is 443 Å². The molecule has 7 fully saturated rings. The Morgan fingerprint density at radius 3 is 1.46 bits per heavy atom. The molecule has 3 saturated heterocycles. The van der Waals surface area contributed by atoms with Gasteiger partial charge in [-0.3, -0.25) is 42.7 Å². The summed E-state index contributed by atoms with van der Waals surface area (Å²) in [6.07, 6.45) is 8.46. The summed E-state index contributed by atoms with van der Waals surface area (Å²) in [6, 6.07) is 12.2. The van der Waals surface area contributed by atoms with Gasteiger partial charge in [0.1, 0.15) is 132 Å². The van der Waals surface area contributed by atoms with Crippen LogP contribution in [0.4, 0.5) is 42.2 Å². The van der Waals surface area contributed by atoms with Gasteiger partial charge < -0.3 is 93.7 Å². The molecule has 0 bridgehead atoms. The van der Waals surface area contributed by atoms with Crippen molar-refractivity contribution in [1.82, 2.24) is 56.1 Å². The van der Waals surface area contributed by atoms with Crippen molar-refractivity contribution < 1.29 is 127 Å². The van der Waals surface area contributed by atoms with Gasteiger partial charge in [0.15, 0.2) is 10.3 Å². The van der Waals surface area contributed by atoms with Crippen LogP contribution in [-0.4, -0.2) is 231 Å². The van der Waals surface area contributed by atoms with Crippen LogP contribution in [0.2, 0.25) is 10.0 Å². The molecule has 0 spiro atoms. The second kappa shape index (κ2) is 47.7. The first kappa shape index (κ1) is 110. The number of nitrogens with one attached hydrogen (secondary N) is 6. The number of amides is 8. The Morgan fingerprint density at radius 1 is 0.571 bits per heavy atom. The predicted molar refractivity (Wildman–Crippen MR) is 541 cm³/mol. The molecule has 4 aromatic heterocycles. The normalized spacial score (nSPS) is 24.4. The molecule has 147 heavy (non-hydrogen) atoms. The van der Waals surface area contributed by atoms with Crippen molar-refractivity contribution >= 4 is 146 Å². The van der Waals surface area contributed by atoms with Crippen LogP contribution in [0.3, 0.4) is 0 Å². The Morgan fingerprint density at radius 2 is 1.01 bits per heavy atom. The van der Waals surface area contributed by atoms with Gasteiger partial charge in [-0.15, -0.1) is 22.7 Å². The number of hydroxylamine groups is 2. The van der Waals surface area contributed by atoms with E-state index in [1.807, 2.05) is 38.5 Å². The number of hydrogen-bond donors (Lipinski definition) is 7. The number of imide groups is 1. The highest BCUT2D eigenvalue weighted by Gasteiger charge is 2.69. The highest BCUT2D eigenvalue weighted by atomic mass is 35.5. The minimum atomic E-state index is -4.63. The average molecular weight is 2160 g/mol. The molecule has 4 aliphatic carbocycles. The molecule has 17 rings (SSSR count). The zero-order valence-corrected chi connectivity index (χ0v) is 87.9. The first-order chi connectivity index (χ1) is 70.2. The van der Waals surface area contributed by atoms with Gasteiger partial charge in [-0.05, 0) is 206 Å². The molecule has 4 saturated carbocycles. The van der Waals surface area contributed by atoms with Crippen molar-refractivity contribution in [3.63, 3.8) is 0 Å². The van der Waals surface area contributed by atoms with Gasteiger partial charge in [-0.25, -0.2) is 51.9 Å². The summed E-state index contributed by atoms with van der Waals surface area (Å²) in [6.45, 7) is 15.0. The van der Waals surface area contributed by atoms with Gasteiger partial charge in [0.2, 0.25) is 38.4 Å². The third-order valence-corrected chi connectivity index (χ3v) is 34.9. The van der Waals surface area contributed by atoms with Crippen molar-refractivity contribution in [2.45, 2.75) is 260 Å². The molecule has 4 aromatic carbocycles. The standard InChI is InChI=1S/C46H56ClF2N6O9PS.C45H52ClF2N6O9PS.C10H13NO5/c1-8-62-65(59,24-30-31(48)12-11-13-32(30)49)46-22-27(46)17-19-61-18-10-9-14-33(53-44(58)64-45(4,5)6)42(57)55-23-28(20-36(55)41(56)54-46)63-38-21-34(35-25-66-43(52-35)50-26(2)3)51-40-29(38)15-16-37(60-7)39(40)47;1-25(2)49-43-51-35(24-65-43)34-20-38(29-14-15-37(60-3)39(46)40(29)50-34)62-28-19-36-41(55)53-45(64(58,59)23-30-31(47)11-8-12-32(30)48)21-26(45)16-18-61-17-7-6-13-33(42(56)54(36)22-28)52-44(57)63-27-9-4-5-10-27;12-8-5-6-9(13)11(8)16-10(14)15-7-3-1-2-4-7/h9-13,15-16,21,25-28,33,36H,8,14,17-20,22-24H2,1-7H3,(H,50,52)(H,53,58)(H,54,56);6-8,11-12,14-15,20,24-28,33,36H,4-5,9-10,13,16-19,21-23H2,1-3H3,(H,49,51)(H,52,57)(H,53,55)(H,58,59);7H,1-6H2/b10-9+;7-6+;/t27-,28-,33+,36+,46+,65?;26-,28-,33+,36+,45+;/m11./s1. The number of benzene rings is 4. The number of hydrogen-bond acceptors (Lipinski definition) is 30. The van der Waals surface area contributed by atoms with Crippen LogP contribution in [0.1, 0.15) is 182 Å². The summed E-state index contributed by atoms with van der Waals surface area (Å²) in [5.41, 5.74) is 0.829. The first-order valence-corrected chi connectivity index (χ1v) is 55.3. The van der Waals surface area contributed by atoms with E-state index < -0.39 is 180 Å². The van der Waals surface area contributed by atoms with E-state index in [1.54, 1.807) is 88.4 Å². The SMILES string of the molecule is CCOP(=O)(Cc1c(F)cccc1F)[C@@]12C[C@H]1CCOC/C=C/C[C@H](NC(=O)OC(C)(C)C)C(=O)N1C[C@H](Oc3cc(-c4csc(NC(C)C)n4)nc4c(Cl)c(OC)ccc34)C[C@H]1C(=O)N2.COc1ccc2c(O[C@@H]3C[C@H]4C(=O)N[C@]5(P(=O)(O)Cc6c(F)cccc6F)C[C@H]5CCOC/C=C/C[C@H](NC(=O)OC5CCCC5)C(=O)N4C3)cc(-c3csc(NC(C)C)n3)nc2c1Cl.O=C(OC1CCCC1)ON1C(=O)CCC1=O. The number of halogens is 6. The molecule has 46 heteroatoms. The van der Waals surface area contributed by atoms with E-state index in [4.69, 9.17) is 90.3 Å². The Labute approximate surface area is 865 Å². The summed E-state index contributed by atoms with van der Waals surface area (Å²) < 4.78 is 148. The highest BCUT2D eigenvalue weighted by Crippen LogP contribution is 2.75. The van der Waals surface area contributed by atoms with E-state index in [9.17, 15) is 56.6 Å². The number of fused-ring (bicyclic) bond motifs is 6. The quantitative estimate of drug-likeness (QED) is 0.00698. The van der Waals surface area contributed by atoms with Gasteiger partial charge in [-0.2, -0.15) is 0 Å². The minimum absolute atomic E-state index is 0.0259. The van der Waals surface area contributed by atoms with Crippen LogP contribution < -0.4 is 50.8 Å². The fourth-order valence-corrected chi connectivity index (χ4v) is 27.2. The smallest absolute Gasteiger partial charge is 0.495 e. The summed E-state index contributed by atoms with van der Waals surface area (Å²) in [4.78, 5) is 158. The zero-order valence-electron chi connectivity index (χ0n) is 83.0. The molecule has 9 heterocycles. The van der Waals surface area contributed by atoms with E-state index in [-0.39, 0.29) is 138 Å². The fourth-order valence-electron chi connectivity index (χ4n) is 19.3. The van der Waals surface area contributed by atoms with Crippen molar-refractivity contribution in [3.05, 3.63) is 152 Å². The highest BCUT2D eigenvalue weighted by molar-refractivity contribution is 7.60. The summed E-state index contributed by atoms with van der Waals surface area (Å²) in [7, 11) is -5.81. The Balaban J connectivity index is 0.000000191. The van der Waals surface area contributed by atoms with Crippen molar-refractivity contribution in [1.29, 1.82) is 0 Å². The predicted octanol–water partition coefficient (Wildman–Crippen LogP) is 18.4. The van der Waals surface area contributed by atoms with Crippen LogP contribution in [0, 0.1) is 35.1 Å². The molecule has 36 nitrogen and oxygen atoms in total. The molecule has 12 atom stereocenters. The lowest BCUT2D eigenvalue weighted by atomic mass is 10.1. The third kappa shape index (κ3) is 26.2. The Hall–Kier alpha value is -11.3. The van der Waals surface area contributed by atoms with Gasteiger partial charge in [0.25, 0.3) is 11.8 Å². The summed E-state index contributed by atoms with van der Waals surface area (Å²) >= 11 is 16.5. The number of thiazole rings is 2. The van der Waals surface area contributed by atoms with Crippen LogP contribution in [0.5, 0.6) is 23.0 Å². The van der Waals surface area contributed by atoms with Crippen LogP contribution >= 0.6 is 60.6 Å². The third-order valence-electron chi connectivity index (χ3n) is 26.6. The maximum absolute atomic E-state index is 15.3. The molecule has 9 aliphatic rings. The number of carbonyl (C=O) groups excluding carboxylic acids is 9.